The Balaban J connectivity index is 1.85. The van der Waals surface area contributed by atoms with Crippen molar-refractivity contribution < 1.29 is 27.4 Å². The summed E-state index contributed by atoms with van der Waals surface area (Å²) in [6, 6.07) is 12.6. The minimum absolute atomic E-state index is 0.129. The zero-order valence-corrected chi connectivity index (χ0v) is 17.9. The van der Waals surface area contributed by atoms with Gasteiger partial charge in [0.05, 0.1) is 19.8 Å². The Hall–Kier alpha value is -4.02. The van der Waals surface area contributed by atoms with E-state index in [1.54, 1.807) is 55.5 Å². The molecule has 0 saturated heterocycles. The second-order valence-electron chi connectivity index (χ2n) is 7.20. The number of anilines is 2. The molecule has 0 saturated carbocycles. The first kappa shape index (κ1) is 22.2. The Morgan fingerprint density at radius 2 is 1.79 bits per heavy atom. The van der Waals surface area contributed by atoms with Gasteiger partial charge in [0.25, 0.3) is 11.7 Å². The van der Waals surface area contributed by atoms with Crippen LogP contribution in [0.5, 0.6) is 11.5 Å². The maximum absolute atomic E-state index is 13.4. The van der Waals surface area contributed by atoms with E-state index in [1.165, 1.54) is 14.2 Å². The molecule has 0 radical (unpaired) electrons. The number of allylic oxidation sites excluding steroid dienone is 1. The average molecular weight is 459 g/mol. The van der Waals surface area contributed by atoms with E-state index < -0.39 is 23.9 Å². The van der Waals surface area contributed by atoms with Gasteiger partial charge in [0.2, 0.25) is 5.95 Å². The largest absolute Gasteiger partial charge is 0.493 e. The molecule has 2 heterocycles. The number of ether oxygens (including phenoxy) is 2. The van der Waals surface area contributed by atoms with Gasteiger partial charge in [0.15, 0.2) is 11.5 Å². The molecule has 8 nitrogen and oxygen atoms in total. The van der Waals surface area contributed by atoms with Crippen molar-refractivity contribution >= 4 is 17.5 Å². The highest BCUT2D eigenvalue weighted by atomic mass is 19.4. The summed E-state index contributed by atoms with van der Waals surface area (Å²) < 4.78 is 51.8. The van der Waals surface area contributed by atoms with E-state index >= 15 is 0 Å². The number of benzene rings is 2. The molecule has 0 unspecified atom stereocenters. The molecule has 1 atom stereocenters. The van der Waals surface area contributed by atoms with Gasteiger partial charge in [-0.2, -0.15) is 18.2 Å². The average Bonchev–Trinajstić information content (AvgIpc) is 3.22. The number of amides is 1. The zero-order valence-electron chi connectivity index (χ0n) is 17.9. The second kappa shape index (κ2) is 8.49. The number of fused-ring (bicyclic) bond motifs is 1. The number of para-hydroxylation sites is 1. The normalized spacial score (nSPS) is 15.5. The standard InChI is InChI=1S/C22H20F3N5O3/c1-12-17(19(31)27-14-7-5-4-6-8-14)18(13-9-10-15(32-2)16(11-13)33-3)30-21(26-12)28-20(29-30)22(23,24)25/h4-11,18H,1-3H3,(H,27,31)(H,26,28,29)/t18-/m0/s1. The van der Waals surface area contributed by atoms with Crippen molar-refractivity contribution in [1.82, 2.24) is 14.8 Å². The fourth-order valence-electron chi connectivity index (χ4n) is 3.62. The summed E-state index contributed by atoms with van der Waals surface area (Å²) in [5.74, 6) is -1.16. The molecule has 172 valence electrons. The lowest BCUT2D eigenvalue weighted by Gasteiger charge is -2.29. The SMILES string of the molecule is COc1ccc([C@H]2C(C(=O)Nc3ccccc3)=C(C)Nc3nc(C(F)(F)F)nn32)cc1OC. The predicted octanol–water partition coefficient (Wildman–Crippen LogP) is 4.24. The van der Waals surface area contributed by atoms with Crippen LogP contribution in [0.1, 0.15) is 24.4 Å². The molecule has 4 rings (SSSR count). The van der Waals surface area contributed by atoms with Crippen LogP contribution in [0.4, 0.5) is 24.8 Å². The van der Waals surface area contributed by atoms with Crippen molar-refractivity contribution in [2.75, 3.05) is 24.9 Å². The molecule has 0 aliphatic carbocycles. The summed E-state index contributed by atoms with van der Waals surface area (Å²) in [6.45, 7) is 1.60. The third kappa shape index (κ3) is 4.21. The van der Waals surface area contributed by atoms with E-state index in [-0.39, 0.29) is 11.5 Å². The lowest BCUT2D eigenvalue weighted by atomic mass is 9.94. The first-order valence-electron chi connectivity index (χ1n) is 9.82. The third-order valence-electron chi connectivity index (χ3n) is 5.11. The first-order chi connectivity index (χ1) is 15.7. The van der Waals surface area contributed by atoms with Crippen LogP contribution >= 0.6 is 0 Å². The molecular weight excluding hydrogens is 439 g/mol. The minimum Gasteiger partial charge on any atom is -0.493 e. The van der Waals surface area contributed by atoms with Gasteiger partial charge in [-0.3, -0.25) is 4.79 Å². The van der Waals surface area contributed by atoms with Crippen molar-refractivity contribution in [2.45, 2.75) is 19.1 Å². The summed E-state index contributed by atoms with van der Waals surface area (Å²) in [4.78, 5) is 16.9. The van der Waals surface area contributed by atoms with Crippen molar-refractivity contribution in [2.24, 2.45) is 0 Å². The van der Waals surface area contributed by atoms with Gasteiger partial charge in [-0.25, -0.2) is 4.68 Å². The molecule has 0 fully saturated rings. The fraction of sp³-hybridized carbons (Fsp3) is 0.227. The maximum atomic E-state index is 13.4. The van der Waals surface area contributed by atoms with Crippen LogP contribution in [-0.2, 0) is 11.0 Å². The van der Waals surface area contributed by atoms with Crippen molar-refractivity contribution in [3.8, 4) is 11.5 Å². The smallest absolute Gasteiger partial charge is 0.453 e. The van der Waals surface area contributed by atoms with Gasteiger partial charge in [-0.15, -0.1) is 5.10 Å². The Morgan fingerprint density at radius 1 is 1.09 bits per heavy atom. The monoisotopic (exact) mass is 459 g/mol. The van der Waals surface area contributed by atoms with Crippen LogP contribution in [0.3, 0.4) is 0 Å². The number of hydrogen-bond acceptors (Lipinski definition) is 6. The molecule has 1 aliphatic rings. The third-order valence-corrected chi connectivity index (χ3v) is 5.11. The van der Waals surface area contributed by atoms with Crippen LogP contribution < -0.4 is 20.1 Å². The molecule has 1 aliphatic heterocycles. The fourth-order valence-corrected chi connectivity index (χ4v) is 3.62. The van der Waals surface area contributed by atoms with Crippen LogP contribution in [0.25, 0.3) is 0 Å². The van der Waals surface area contributed by atoms with Crippen molar-refractivity contribution in [1.29, 1.82) is 0 Å². The maximum Gasteiger partial charge on any atom is 0.453 e. The number of nitrogens with zero attached hydrogens (tertiary/aromatic N) is 3. The van der Waals surface area contributed by atoms with E-state index in [4.69, 9.17) is 9.47 Å². The van der Waals surface area contributed by atoms with E-state index in [9.17, 15) is 18.0 Å². The molecule has 0 bridgehead atoms. The summed E-state index contributed by atoms with van der Waals surface area (Å²) in [5, 5.41) is 9.24. The van der Waals surface area contributed by atoms with Gasteiger partial charge in [0, 0.05) is 11.4 Å². The number of hydrogen-bond donors (Lipinski definition) is 2. The highest BCUT2D eigenvalue weighted by molar-refractivity contribution is 6.06. The Bertz CT molecular complexity index is 1220. The highest BCUT2D eigenvalue weighted by Gasteiger charge is 2.41. The number of halogens is 3. The topological polar surface area (TPSA) is 90.3 Å². The Kier molecular flexibility index (Phi) is 5.71. The predicted molar refractivity (Wildman–Crippen MR) is 114 cm³/mol. The highest BCUT2D eigenvalue weighted by Crippen LogP contribution is 2.40. The Morgan fingerprint density at radius 3 is 2.42 bits per heavy atom. The van der Waals surface area contributed by atoms with Gasteiger partial charge < -0.3 is 20.1 Å². The van der Waals surface area contributed by atoms with E-state index in [1.807, 2.05) is 0 Å². The van der Waals surface area contributed by atoms with Gasteiger partial charge in [-0.05, 0) is 36.8 Å². The number of carbonyl (C=O) groups excluding carboxylic acids is 1. The molecule has 3 aromatic rings. The van der Waals surface area contributed by atoms with Crippen LogP contribution in [0, 0.1) is 0 Å². The lowest BCUT2D eigenvalue weighted by Crippen LogP contribution is -2.31. The van der Waals surface area contributed by atoms with E-state index in [2.05, 4.69) is 20.7 Å². The molecule has 1 amide bonds. The quantitative estimate of drug-likeness (QED) is 0.593. The van der Waals surface area contributed by atoms with Gasteiger partial charge in [-0.1, -0.05) is 24.3 Å². The zero-order chi connectivity index (χ0) is 23.8. The number of rotatable bonds is 5. The molecule has 2 aromatic carbocycles. The number of methoxy groups -OCH3 is 2. The molecule has 1 aromatic heterocycles. The number of carbonyl (C=O) groups is 1. The summed E-state index contributed by atoms with van der Waals surface area (Å²) >= 11 is 0. The van der Waals surface area contributed by atoms with Crippen molar-refractivity contribution in [3.05, 3.63) is 71.2 Å². The molecule has 11 heteroatoms. The molecule has 2 N–H and O–H groups in total. The number of nitrogens with one attached hydrogen (secondary N) is 2. The van der Waals surface area contributed by atoms with Gasteiger partial charge in [0.1, 0.15) is 6.04 Å². The molecule has 0 spiro atoms. The van der Waals surface area contributed by atoms with Crippen molar-refractivity contribution in [3.63, 3.8) is 0 Å². The summed E-state index contributed by atoms with van der Waals surface area (Å²) in [6.07, 6.45) is -4.76. The minimum atomic E-state index is -4.76. The van der Waals surface area contributed by atoms with E-state index in [0.29, 0.717) is 28.4 Å². The van der Waals surface area contributed by atoms with Crippen LogP contribution in [0.2, 0.25) is 0 Å². The lowest BCUT2D eigenvalue weighted by molar-refractivity contribution is -0.145. The summed E-state index contributed by atoms with van der Waals surface area (Å²) in [5.41, 5.74) is 1.52. The second-order valence-corrected chi connectivity index (χ2v) is 7.20. The van der Waals surface area contributed by atoms with E-state index in [0.717, 1.165) is 4.68 Å². The van der Waals surface area contributed by atoms with Crippen LogP contribution in [-0.4, -0.2) is 34.9 Å². The Labute approximate surface area is 187 Å². The molecule has 33 heavy (non-hydrogen) atoms. The molecular formula is C22H20F3N5O3. The number of aromatic nitrogens is 3. The van der Waals surface area contributed by atoms with Gasteiger partial charge >= 0.3 is 6.18 Å². The number of alkyl halides is 3. The summed E-state index contributed by atoms with van der Waals surface area (Å²) in [7, 11) is 2.91. The first-order valence-corrected chi connectivity index (χ1v) is 9.82. The van der Waals surface area contributed by atoms with Crippen LogP contribution in [0.15, 0.2) is 59.8 Å².